The summed E-state index contributed by atoms with van der Waals surface area (Å²) in [5.41, 5.74) is 0. The fourth-order valence-electron chi connectivity index (χ4n) is 0.128. The van der Waals surface area contributed by atoms with Crippen LogP contribution in [0.5, 0.6) is 0 Å². The van der Waals surface area contributed by atoms with Crippen molar-refractivity contribution in [3.05, 3.63) is 0 Å². The molecule has 0 saturated carbocycles. The Morgan fingerprint density at radius 3 is 1.20 bits per heavy atom. The monoisotopic (exact) mass is 304 g/mol. The van der Waals surface area contributed by atoms with Crippen LogP contribution in [0.25, 0.3) is 0 Å². The predicted molar refractivity (Wildman–Crippen MR) is 44.0 cm³/mol. The first-order valence-electron chi connectivity index (χ1n) is 1.88. The van der Waals surface area contributed by atoms with Gasteiger partial charge < -0.3 is 0 Å². The second-order valence-corrected chi connectivity index (χ2v) is 21.7. The average molecular weight is 304 g/mol. The van der Waals surface area contributed by atoms with Gasteiger partial charge in [-0.3, -0.25) is 0 Å². The van der Waals surface area contributed by atoms with Crippen molar-refractivity contribution in [3.63, 3.8) is 0 Å². The Morgan fingerprint density at radius 2 is 1.20 bits per heavy atom. The molecule has 0 aromatic carbocycles. The molecule has 6 nitrogen and oxygen atoms in total. The Morgan fingerprint density at radius 1 is 1.00 bits per heavy atom. The third-order valence-electron chi connectivity index (χ3n) is 0.637. The molecule has 64 valence electrons. The van der Waals surface area contributed by atoms with Gasteiger partial charge in [-0.1, -0.05) is 0 Å². The van der Waals surface area contributed by atoms with Crippen molar-refractivity contribution in [3.8, 4) is 0 Å². The summed E-state index contributed by atoms with van der Waals surface area (Å²) in [6, 6.07) is 0. The van der Waals surface area contributed by atoms with Gasteiger partial charge in [0.2, 0.25) is 0 Å². The number of hydrogen-bond acceptors (Lipinski definition) is 2. The van der Waals surface area contributed by atoms with Crippen LogP contribution in [-0.4, -0.2) is 24.5 Å². The van der Waals surface area contributed by atoms with Crippen LogP contribution >= 0.6 is 29.2 Å². The zero-order chi connectivity index (χ0) is 8.58. The Balaban J connectivity index is 4.56. The van der Waals surface area contributed by atoms with Gasteiger partial charge in [0.15, 0.2) is 0 Å². The van der Waals surface area contributed by atoms with Gasteiger partial charge in [0.25, 0.3) is 0 Å². The Bertz CT molecular complexity index is 178. The summed E-state index contributed by atoms with van der Waals surface area (Å²) in [7, 11) is 0. The van der Waals surface area contributed by atoms with E-state index in [4.69, 9.17) is 19.6 Å². The Hall–Kier alpha value is 1.03. The van der Waals surface area contributed by atoms with Crippen molar-refractivity contribution >= 4 is 29.2 Å². The summed E-state index contributed by atoms with van der Waals surface area (Å²) in [6.45, 7) is 0. The van der Waals surface area contributed by atoms with E-state index in [2.05, 4.69) is 0 Å². The Labute approximate surface area is 63.0 Å². The molecule has 9 heteroatoms. The molecular formula is CH7IO6P2. The zero-order valence-electron chi connectivity index (χ0n) is 4.88. The third-order valence-corrected chi connectivity index (χ3v) is 20.8. The minimum absolute atomic E-state index is 0.964. The topological polar surface area (TPSA) is 115 Å². The van der Waals surface area contributed by atoms with Crippen molar-refractivity contribution in [1.29, 1.82) is 0 Å². The minimum atomic E-state index is -4.48. The maximum atomic E-state index is 10.2. The summed E-state index contributed by atoms with van der Waals surface area (Å²) in [5, 5.41) is -8.97. The number of halogens is 1. The third kappa shape index (κ3) is 3.43. The van der Waals surface area contributed by atoms with Crippen molar-refractivity contribution < 1.29 is 28.7 Å². The van der Waals surface area contributed by atoms with Crippen molar-refractivity contribution in [2.75, 3.05) is 4.93 Å². The summed E-state index contributed by atoms with van der Waals surface area (Å²) in [4.78, 5) is 34.2. The van der Waals surface area contributed by atoms with Gasteiger partial charge in [-0.25, -0.2) is 0 Å². The molecule has 0 heterocycles. The fraction of sp³-hybridized carbons (Fsp3) is 1.00. The molecule has 0 spiro atoms. The van der Waals surface area contributed by atoms with Gasteiger partial charge in [0.1, 0.15) is 0 Å². The summed E-state index contributed by atoms with van der Waals surface area (Å²) in [6.07, 6.45) is 0. The van der Waals surface area contributed by atoms with Crippen LogP contribution < -0.4 is 0 Å². The fourth-order valence-corrected chi connectivity index (χ4v) is 7.74. The predicted octanol–water partition coefficient (Wildman–Crippen LogP) is 0.308. The van der Waals surface area contributed by atoms with Gasteiger partial charge in [-0.2, -0.15) is 0 Å². The van der Waals surface area contributed by atoms with E-state index in [0.29, 0.717) is 0 Å². The van der Waals surface area contributed by atoms with E-state index in [1.807, 2.05) is 0 Å². The normalized spacial score (nSPS) is 15.1. The van der Waals surface area contributed by atoms with Gasteiger partial charge in [-0.15, -0.1) is 0 Å². The molecule has 0 aliphatic rings. The number of alkyl halides is 1. The molecule has 0 rings (SSSR count). The molecule has 0 aromatic rings. The van der Waals surface area contributed by atoms with Crippen LogP contribution in [0.15, 0.2) is 0 Å². The van der Waals surface area contributed by atoms with Gasteiger partial charge in [-0.05, 0) is 0 Å². The van der Waals surface area contributed by atoms with E-state index in [0.717, 1.165) is 4.93 Å². The van der Waals surface area contributed by atoms with E-state index < -0.39 is 29.2 Å². The van der Waals surface area contributed by atoms with Gasteiger partial charge in [0.05, 0.1) is 0 Å². The van der Waals surface area contributed by atoms with Crippen LogP contribution in [0.3, 0.4) is 0 Å². The molecule has 0 aromatic heterocycles. The molecular weight excluding hydrogens is 297 g/mol. The summed E-state index contributed by atoms with van der Waals surface area (Å²) >= 11 is -3.42. The number of hydrogen-bond donors (Lipinski definition) is 4. The van der Waals surface area contributed by atoms with Crippen LogP contribution in [0.4, 0.5) is 0 Å². The summed E-state index contributed by atoms with van der Waals surface area (Å²) < 4.78 is 20.5. The Kier molecular flexibility index (Phi) is 3.51. The van der Waals surface area contributed by atoms with Crippen molar-refractivity contribution in [2.45, 2.75) is 0 Å². The quantitative estimate of drug-likeness (QED) is 0.331. The standard InChI is InChI=1S/CH7IO6P2/c1-2(9(3,4)5)10(6,7)8/h1H3,(H2,3,4,5)(H2,6,7,8). The molecule has 0 amide bonds. The van der Waals surface area contributed by atoms with Crippen LogP contribution in [0, 0.1) is 0 Å². The molecule has 0 saturated heterocycles. The first kappa shape index (κ1) is 11.0. The molecule has 10 heavy (non-hydrogen) atoms. The second kappa shape index (κ2) is 3.18. The van der Waals surface area contributed by atoms with E-state index in [-0.39, 0.29) is 0 Å². The molecule has 0 atom stereocenters. The SMILES string of the molecule is CI(P(=O)(O)O)P(=O)(O)O. The number of rotatable bonds is 2. The second-order valence-electron chi connectivity index (χ2n) is 1.36. The van der Waals surface area contributed by atoms with Gasteiger partial charge in [0, 0.05) is 0 Å². The summed E-state index contributed by atoms with van der Waals surface area (Å²) in [5.74, 6) is 0. The first-order valence-corrected chi connectivity index (χ1v) is 12.8. The van der Waals surface area contributed by atoms with Crippen molar-refractivity contribution in [2.24, 2.45) is 0 Å². The van der Waals surface area contributed by atoms with Gasteiger partial charge >= 0.3 is 62.8 Å². The van der Waals surface area contributed by atoms with Crippen molar-refractivity contribution in [1.82, 2.24) is 0 Å². The molecule has 0 aliphatic heterocycles. The van der Waals surface area contributed by atoms with Crippen LogP contribution in [0.2, 0.25) is 0 Å². The van der Waals surface area contributed by atoms with E-state index >= 15 is 0 Å². The molecule has 0 unspecified atom stereocenters. The molecule has 0 aliphatic carbocycles. The molecule has 0 bridgehead atoms. The average Bonchev–Trinajstić information content (AvgIpc) is 1.59. The maximum absolute atomic E-state index is 10.2. The van der Waals surface area contributed by atoms with Crippen LogP contribution in [-0.2, 0) is 9.13 Å². The zero-order valence-corrected chi connectivity index (χ0v) is 8.82. The van der Waals surface area contributed by atoms with E-state index in [1.54, 1.807) is 0 Å². The molecule has 0 fully saturated rings. The van der Waals surface area contributed by atoms with Crippen LogP contribution in [0.1, 0.15) is 0 Å². The molecule has 4 N–H and O–H groups in total. The van der Waals surface area contributed by atoms with E-state index in [9.17, 15) is 9.13 Å². The van der Waals surface area contributed by atoms with E-state index in [1.165, 1.54) is 0 Å². The first-order chi connectivity index (χ1) is 4.15. The molecule has 0 radical (unpaired) electrons.